The van der Waals surface area contributed by atoms with Crippen molar-refractivity contribution in [3.63, 3.8) is 0 Å². The molecule has 0 saturated heterocycles. The lowest BCUT2D eigenvalue weighted by atomic mass is 10.3. The lowest BCUT2D eigenvalue weighted by molar-refractivity contribution is -0.139. The van der Waals surface area contributed by atoms with Gasteiger partial charge in [0.1, 0.15) is 0 Å². The Morgan fingerprint density at radius 3 is 2.17 bits per heavy atom. The van der Waals surface area contributed by atoms with Crippen LogP contribution in [0.3, 0.4) is 0 Å². The van der Waals surface area contributed by atoms with E-state index in [1.54, 1.807) is 6.92 Å². The minimum atomic E-state index is -3.86. The fourth-order valence-corrected chi connectivity index (χ4v) is 1.14. The summed E-state index contributed by atoms with van der Waals surface area (Å²) in [6.45, 7) is 6.05. The molecular formula is C10H17O7P. The third-order valence-corrected chi connectivity index (χ3v) is 2.07. The number of esters is 1. The summed E-state index contributed by atoms with van der Waals surface area (Å²) in [7, 11) is -3.86. The van der Waals surface area contributed by atoms with E-state index in [1.807, 2.05) is 0 Å². The maximum absolute atomic E-state index is 11.0. The van der Waals surface area contributed by atoms with E-state index < -0.39 is 19.7 Å². The van der Waals surface area contributed by atoms with E-state index in [1.165, 1.54) is 0 Å². The average Bonchev–Trinajstić information content (AvgIpc) is 2.19. The molecular weight excluding hydrogens is 263 g/mol. The maximum atomic E-state index is 11.0. The number of carbonyl (C=O) groups excluding carboxylic acids is 2. The van der Waals surface area contributed by atoms with Crippen LogP contribution in [0.1, 0.15) is 19.8 Å². The van der Waals surface area contributed by atoms with Crippen LogP contribution in [0.25, 0.3) is 0 Å². The second kappa shape index (κ2) is 7.89. The first kappa shape index (κ1) is 16.7. The van der Waals surface area contributed by atoms with Crippen molar-refractivity contribution in [1.29, 1.82) is 0 Å². The molecule has 0 aliphatic rings. The van der Waals surface area contributed by atoms with Gasteiger partial charge in [-0.05, 0) is 19.8 Å². The van der Waals surface area contributed by atoms with E-state index >= 15 is 0 Å². The van der Waals surface area contributed by atoms with Crippen LogP contribution in [0.15, 0.2) is 12.2 Å². The molecule has 0 heterocycles. The molecule has 0 aliphatic heterocycles. The van der Waals surface area contributed by atoms with Gasteiger partial charge in [-0.2, -0.15) is 0 Å². The van der Waals surface area contributed by atoms with Crippen molar-refractivity contribution in [2.75, 3.05) is 19.9 Å². The Morgan fingerprint density at radius 1 is 1.22 bits per heavy atom. The lowest BCUT2D eigenvalue weighted by Crippen LogP contribution is -2.09. The molecule has 0 aliphatic carbocycles. The molecule has 0 saturated carbocycles. The van der Waals surface area contributed by atoms with Crippen molar-refractivity contribution in [2.45, 2.75) is 19.8 Å². The fraction of sp³-hybridized carbons (Fsp3) is 0.600. The zero-order valence-electron chi connectivity index (χ0n) is 10.4. The van der Waals surface area contributed by atoms with Crippen molar-refractivity contribution >= 4 is 19.7 Å². The number of rotatable bonds is 7. The summed E-state index contributed by atoms with van der Waals surface area (Å²) in [5.74, 6) is -0.470. The molecule has 1 atom stereocenters. The van der Waals surface area contributed by atoms with Crippen molar-refractivity contribution in [1.82, 2.24) is 0 Å². The van der Waals surface area contributed by atoms with Gasteiger partial charge in [0, 0.05) is 12.2 Å². The predicted molar refractivity (Wildman–Crippen MR) is 63.2 cm³/mol. The largest absolute Gasteiger partial charge is 0.514 e. The van der Waals surface area contributed by atoms with Gasteiger partial charge in [0.2, 0.25) is 0 Å². The number of hydrogen-bond donors (Lipinski definition) is 1. The normalized spacial score (nSPS) is 13.3. The fourth-order valence-electron chi connectivity index (χ4n) is 0.812. The first-order valence-corrected chi connectivity index (χ1v) is 7.24. The number of carbonyl (C=O) groups is 2. The van der Waals surface area contributed by atoms with Gasteiger partial charge in [0.25, 0.3) is 0 Å². The van der Waals surface area contributed by atoms with Crippen LogP contribution in [-0.4, -0.2) is 36.9 Å². The maximum Gasteiger partial charge on any atom is 0.514 e. The zero-order valence-corrected chi connectivity index (χ0v) is 11.3. The quantitative estimate of drug-likeness (QED) is 0.329. The van der Waals surface area contributed by atoms with Crippen molar-refractivity contribution in [2.24, 2.45) is 0 Å². The topological polar surface area (TPSA) is 99.1 Å². The zero-order chi connectivity index (χ0) is 14.2. The Kier molecular flexibility index (Phi) is 7.31. The highest BCUT2D eigenvalue weighted by atomic mass is 31.2. The highest BCUT2D eigenvalue weighted by Crippen LogP contribution is 2.36. The second-order valence-electron chi connectivity index (χ2n) is 3.62. The van der Waals surface area contributed by atoms with Gasteiger partial charge in [-0.1, -0.05) is 6.58 Å². The molecule has 1 unspecified atom stereocenters. The molecule has 8 heteroatoms. The molecule has 0 aromatic heterocycles. The molecule has 104 valence electrons. The van der Waals surface area contributed by atoms with Crippen molar-refractivity contribution < 1.29 is 33.0 Å². The Bertz CT molecular complexity index is 357. The third kappa shape index (κ3) is 9.86. The molecule has 1 N–H and O–H groups in total. The summed E-state index contributed by atoms with van der Waals surface area (Å²) in [5, 5.41) is 0. The number of hydrogen-bond acceptors (Lipinski definition) is 6. The van der Waals surface area contributed by atoms with Gasteiger partial charge >= 0.3 is 19.7 Å². The van der Waals surface area contributed by atoms with E-state index in [2.05, 4.69) is 15.8 Å². The van der Waals surface area contributed by atoms with Gasteiger partial charge in [-0.25, -0.2) is 14.2 Å². The Hall–Kier alpha value is -1.33. The van der Waals surface area contributed by atoms with Crippen LogP contribution in [-0.2, 0) is 23.4 Å². The predicted octanol–water partition coefficient (Wildman–Crippen LogP) is 1.85. The van der Waals surface area contributed by atoms with Crippen LogP contribution in [0.5, 0.6) is 0 Å². The summed E-state index contributed by atoms with van der Waals surface area (Å²) in [6, 6.07) is 0. The van der Waals surface area contributed by atoms with Gasteiger partial charge in [0.05, 0.1) is 13.2 Å². The first-order valence-electron chi connectivity index (χ1n) is 5.21. The third-order valence-electron chi connectivity index (χ3n) is 1.58. The van der Waals surface area contributed by atoms with Crippen LogP contribution >= 0.6 is 7.60 Å². The van der Waals surface area contributed by atoms with Gasteiger partial charge in [0.15, 0.2) is 0 Å². The first-order chi connectivity index (χ1) is 8.22. The minimum Gasteiger partial charge on any atom is -0.462 e. The summed E-state index contributed by atoms with van der Waals surface area (Å²) < 4.78 is 24.1. The van der Waals surface area contributed by atoms with Gasteiger partial charge in [-0.15, -0.1) is 0 Å². The van der Waals surface area contributed by atoms with Crippen molar-refractivity contribution in [3.05, 3.63) is 12.2 Å². The molecule has 0 aromatic carbocycles. The molecule has 0 aromatic rings. The number of unbranched alkanes of at least 4 members (excludes halogenated alkanes) is 1. The standard InChI is InChI=1S/C10H17O7P/c1-8(2)9(11)15-6-4-5-7-16-10(12)17-18(3,13)14/h1,4-7H2,2-3H3,(H,13,14). The molecule has 0 spiro atoms. The second-order valence-corrected chi connectivity index (χ2v) is 5.40. The average molecular weight is 280 g/mol. The molecule has 0 fully saturated rings. The molecule has 0 radical (unpaired) electrons. The van der Waals surface area contributed by atoms with E-state index in [0.717, 1.165) is 6.66 Å². The molecule has 0 bridgehead atoms. The van der Waals surface area contributed by atoms with Gasteiger partial charge in [-0.3, -0.25) is 0 Å². The van der Waals surface area contributed by atoms with E-state index in [9.17, 15) is 14.2 Å². The molecule has 0 rings (SSSR count). The SMILES string of the molecule is C=C(C)C(=O)OCCCCOC(=O)OP(C)(=O)O. The molecule has 0 amide bonds. The smallest absolute Gasteiger partial charge is 0.462 e. The van der Waals surface area contributed by atoms with Gasteiger partial charge < -0.3 is 18.9 Å². The Balaban J connectivity index is 3.52. The Labute approximate surface area is 105 Å². The van der Waals surface area contributed by atoms with E-state index in [4.69, 9.17) is 9.63 Å². The van der Waals surface area contributed by atoms with E-state index in [-0.39, 0.29) is 13.2 Å². The molecule has 7 nitrogen and oxygen atoms in total. The van der Waals surface area contributed by atoms with Crippen molar-refractivity contribution in [3.8, 4) is 0 Å². The van der Waals surface area contributed by atoms with Crippen LogP contribution in [0.2, 0.25) is 0 Å². The summed E-state index contributed by atoms with van der Waals surface area (Å²) >= 11 is 0. The summed E-state index contributed by atoms with van der Waals surface area (Å²) in [4.78, 5) is 30.5. The highest BCUT2D eigenvalue weighted by Gasteiger charge is 2.17. The van der Waals surface area contributed by atoms with E-state index in [0.29, 0.717) is 18.4 Å². The Morgan fingerprint density at radius 2 is 1.72 bits per heavy atom. The van der Waals surface area contributed by atoms with Crippen LogP contribution < -0.4 is 0 Å². The lowest BCUT2D eigenvalue weighted by Gasteiger charge is -2.07. The number of ether oxygens (including phenoxy) is 2. The monoisotopic (exact) mass is 280 g/mol. The summed E-state index contributed by atoms with van der Waals surface area (Å²) in [6.07, 6.45) is -0.255. The van der Waals surface area contributed by atoms with Crippen LogP contribution in [0, 0.1) is 0 Å². The molecule has 18 heavy (non-hydrogen) atoms. The summed E-state index contributed by atoms with van der Waals surface area (Å²) in [5.41, 5.74) is 0.316. The van der Waals surface area contributed by atoms with Crippen LogP contribution in [0.4, 0.5) is 4.79 Å². The minimum absolute atomic E-state index is 0.0173. The highest BCUT2D eigenvalue weighted by molar-refractivity contribution is 7.52.